The fourth-order valence-electron chi connectivity index (χ4n) is 7.27. The second-order valence-electron chi connectivity index (χ2n) is 14.9. The number of amides is 7. The van der Waals surface area contributed by atoms with Crippen LogP contribution in [0.15, 0.2) is 0 Å². The van der Waals surface area contributed by atoms with Crippen LogP contribution in [0.1, 0.15) is 71.6 Å². The highest BCUT2D eigenvalue weighted by atomic mass is 16.4. The van der Waals surface area contributed by atoms with Gasteiger partial charge in [0.2, 0.25) is 41.4 Å². The summed E-state index contributed by atoms with van der Waals surface area (Å²) in [6.45, 7) is 2.64. The van der Waals surface area contributed by atoms with E-state index in [1.165, 1.54) is 9.80 Å². The molecule has 0 aromatic carbocycles. The third kappa shape index (κ3) is 12.5. The molecule has 0 radical (unpaired) electrons. The zero-order chi connectivity index (χ0) is 44.3. The van der Waals surface area contributed by atoms with Gasteiger partial charge in [-0.25, -0.2) is 4.79 Å². The highest BCUT2D eigenvalue weighted by Gasteiger charge is 2.46. The molecule has 0 aliphatic carbocycles. The summed E-state index contributed by atoms with van der Waals surface area (Å²) >= 11 is 0. The lowest BCUT2D eigenvalue weighted by Crippen LogP contribution is -2.60. The molecule has 0 aromatic heterocycles. The van der Waals surface area contributed by atoms with Crippen LogP contribution < -0.4 is 27.0 Å². The Morgan fingerprint density at radius 1 is 0.576 bits per heavy atom. The van der Waals surface area contributed by atoms with Crippen molar-refractivity contribution in [2.45, 2.75) is 120 Å². The standard InChI is InChI=1S/C35H52N8O16/c1-16(2)27(40-31(54)22-7-3-9-41(22)32(55)20(15-44)39-28(51)17(36)12-24(45)46)34(57)43-11-5-8-23(43)33(56)42-10-4-6-21(42)30(53)37-18(13-25(47)48)29(52)38-19(35(58)59)14-26(49)50/h16-23,27,44H,3-15,36H2,1-2H3,(H,37,53)(H,38,52)(H,39,51)(H,40,54)(H,45,46)(H,47,48)(H,49,50)(H,58,59)/t17-,18-,19-,20-,21-,22-,23-,27-/m0/s1. The van der Waals surface area contributed by atoms with E-state index in [1.54, 1.807) is 13.8 Å². The fraction of sp³-hybridized carbons (Fsp3) is 0.686. The van der Waals surface area contributed by atoms with E-state index < -0.39 is 145 Å². The largest absolute Gasteiger partial charge is 0.481 e. The number of carboxylic acids is 4. The van der Waals surface area contributed by atoms with Gasteiger partial charge in [-0.15, -0.1) is 0 Å². The lowest BCUT2D eigenvalue weighted by Gasteiger charge is -2.35. The van der Waals surface area contributed by atoms with Crippen LogP contribution >= 0.6 is 0 Å². The number of hydrogen-bond acceptors (Lipinski definition) is 13. The molecule has 8 atom stereocenters. The predicted molar refractivity (Wildman–Crippen MR) is 196 cm³/mol. The number of carbonyl (C=O) groups excluding carboxylic acids is 7. The SMILES string of the molecule is CC(C)[C@H](NC(=O)[C@@H]1CCCN1C(=O)[C@H](CO)NC(=O)[C@@H](N)CC(=O)O)C(=O)N1CCC[C@H]1C(=O)N1CCC[C@H]1C(=O)N[C@@H](CC(=O)O)C(=O)N[C@@H](CC(=O)O)C(=O)O. The molecule has 3 heterocycles. The fourth-order valence-corrected chi connectivity index (χ4v) is 7.27. The molecule has 11 N–H and O–H groups in total. The van der Waals surface area contributed by atoms with Crippen LogP contribution in [-0.4, -0.2) is 180 Å². The van der Waals surface area contributed by atoms with Gasteiger partial charge in [0.05, 0.1) is 31.9 Å². The number of hydrogen-bond donors (Lipinski definition) is 10. The van der Waals surface area contributed by atoms with Crippen molar-refractivity contribution in [2.24, 2.45) is 11.7 Å². The van der Waals surface area contributed by atoms with Gasteiger partial charge in [-0.1, -0.05) is 13.8 Å². The molecule has 3 fully saturated rings. The van der Waals surface area contributed by atoms with E-state index in [4.69, 9.17) is 15.9 Å². The van der Waals surface area contributed by atoms with Gasteiger partial charge in [0.15, 0.2) is 0 Å². The monoisotopic (exact) mass is 840 g/mol. The van der Waals surface area contributed by atoms with E-state index in [2.05, 4.69) is 16.0 Å². The van der Waals surface area contributed by atoms with Gasteiger partial charge in [-0.05, 0) is 44.4 Å². The Bertz CT molecular complexity index is 1670. The highest BCUT2D eigenvalue weighted by Crippen LogP contribution is 2.27. The second kappa shape index (κ2) is 21.2. The molecule has 3 rings (SSSR count). The van der Waals surface area contributed by atoms with Crippen LogP contribution in [-0.2, 0) is 52.7 Å². The molecular formula is C35H52N8O16. The van der Waals surface area contributed by atoms with Crippen LogP contribution in [0.4, 0.5) is 0 Å². The molecule has 24 heteroatoms. The maximum atomic E-state index is 14.1. The zero-order valence-corrected chi connectivity index (χ0v) is 32.5. The normalized spacial score (nSPS) is 21.4. The Labute approximate surface area is 337 Å². The third-order valence-corrected chi connectivity index (χ3v) is 10.3. The van der Waals surface area contributed by atoms with Crippen molar-refractivity contribution in [3.8, 4) is 0 Å². The van der Waals surface area contributed by atoms with Gasteiger partial charge >= 0.3 is 23.9 Å². The first-order chi connectivity index (χ1) is 27.7. The molecule has 328 valence electrons. The number of aliphatic hydroxyl groups is 1. The third-order valence-electron chi connectivity index (χ3n) is 10.3. The number of aliphatic hydroxyl groups excluding tert-OH is 1. The predicted octanol–water partition coefficient (Wildman–Crippen LogP) is -4.62. The van der Waals surface area contributed by atoms with Crippen molar-refractivity contribution in [2.75, 3.05) is 26.2 Å². The molecular weight excluding hydrogens is 788 g/mol. The summed E-state index contributed by atoms with van der Waals surface area (Å²) in [6.07, 6.45) is -1.27. The van der Waals surface area contributed by atoms with E-state index in [1.807, 2.05) is 5.32 Å². The Morgan fingerprint density at radius 3 is 1.54 bits per heavy atom. The quantitative estimate of drug-likeness (QED) is 0.0551. The minimum absolute atomic E-state index is 0.0572. The molecule has 0 saturated carbocycles. The van der Waals surface area contributed by atoms with E-state index in [0.29, 0.717) is 19.3 Å². The minimum Gasteiger partial charge on any atom is -0.481 e. The lowest BCUT2D eigenvalue weighted by molar-refractivity contribution is -0.149. The summed E-state index contributed by atoms with van der Waals surface area (Å²) in [4.78, 5) is 143. The Kier molecular flexibility index (Phi) is 17.1. The van der Waals surface area contributed by atoms with Gasteiger partial charge < -0.3 is 67.2 Å². The number of nitrogens with zero attached hydrogens (tertiary/aromatic N) is 3. The molecule has 0 spiro atoms. The first-order valence-corrected chi connectivity index (χ1v) is 19.1. The van der Waals surface area contributed by atoms with Crippen LogP contribution in [0.5, 0.6) is 0 Å². The summed E-state index contributed by atoms with van der Waals surface area (Å²) in [5, 5.41) is 55.5. The number of rotatable bonds is 20. The number of carbonyl (C=O) groups is 11. The van der Waals surface area contributed by atoms with Crippen molar-refractivity contribution >= 4 is 65.2 Å². The molecule has 24 nitrogen and oxygen atoms in total. The van der Waals surface area contributed by atoms with Crippen molar-refractivity contribution in [3.05, 3.63) is 0 Å². The maximum absolute atomic E-state index is 14.1. The first-order valence-electron chi connectivity index (χ1n) is 19.1. The summed E-state index contributed by atoms with van der Waals surface area (Å²) in [6, 6.07) is -11.4. The topological polar surface area (TPSA) is 373 Å². The summed E-state index contributed by atoms with van der Waals surface area (Å²) < 4.78 is 0. The van der Waals surface area contributed by atoms with Crippen LogP contribution in [0.2, 0.25) is 0 Å². The maximum Gasteiger partial charge on any atom is 0.326 e. The van der Waals surface area contributed by atoms with E-state index >= 15 is 0 Å². The Balaban J connectivity index is 1.72. The molecule has 59 heavy (non-hydrogen) atoms. The summed E-state index contributed by atoms with van der Waals surface area (Å²) in [5.41, 5.74) is 5.57. The molecule has 0 aromatic rings. The Morgan fingerprint density at radius 2 is 1.03 bits per heavy atom. The smallest absolute Gasteiger partial charge is 0.326 e. The first kappa shape index (κ1) is 47.5. The van der Waals surface area contributed by atoms with Gasteiger partial charge in [-0.3, -0.25) is 47.9 Å². The van der Waals surface area contributed by atoms with Gasteiger partial charge in [-0.2, -0.15) is 0 Å². The Hall–Kier alpha value is -5.91. The van der Waals surface area contributed by atoms with E-state index in [9.17, 15) is 68.1 Å². The van der Waals surface area contributed by atoms with Gasteiger partial charge in [0.1, 0.15) is 42.3 Å². The van der Waals surface area contributed by atoms with Crippen LogP contribution in [0.25, 0.3) is 0 Å². The van der Waals surface area contributed by atoms with Crippen LogP contribution in [0.3, 0.4) is 0 Å². The summed E-state index contributed by atoms with van der Waals surface area (Å²) in [5.74, 6) is -12.7. The number of nitrogens with one attached hydrogen (secondary N) is 4. The number of nitrogens with two attached hydrogens (primary N) is 1. The van der Waals surface area contributed by atoms with Crippen molar-refractivity contribution in [1.82, 2.24) is 36.0 Å². The molecule has 3 saturated heterocycles. The van der Waals surface area contributed by atoms with Crippen molar-refractivity contribution in [3.63, 3.8) is 0 Å². The number of aliphatic carboxylic acids is 4. The van der Waals surface area contributed by atoms with E-state index in [0.717, 1.165) is 4.90 Å². The number of likely N-dealkylation sites (tertiary alicyclic amines) is 3. The lowest BCUT2D eigenvalue weighted by atomic mass is 10.0. The summed E-state index contributed by atoms with van der Waals surface area (Å²) in [7, 11) is 0. The van der Waals surface area contributed by atoms with E-state index in [-0.39, 0.29) is 38.9 Å². The molecule has 7 amide bonds. The molecule has 3 aliphatic heterocycles. The molecule has 0 bridgehead atoms. The average Bonchev–Trinajstić information content (AvgIpc) is 3.95. The zero-order valence-electron chi connectivity index (χ0n) is 32.5. The highest BCUT2D eigenvalue weighted by molar-refractivity contribution is 5.99. The van der Waals surface area contributed by atoms with Crippen molar-refractivity contribution in [1.29, 1.82) is 0 Å². The average molecular weight is 841 g/mol. The van der Waals surface area contributed by atoms with Crippen LogP contribution in [0, 0.1) is 5.92 Å². The second-order valence-corrected chi connectivity index (χ2v) is 14.9. The number of carboxylic acid groups (broad SMARTS) is 4. The van der Waals surface area contributed by atoms with Gasteiger partial charge in [0.25, 0.3) is 0 Å². The van der Waals surface area contributed by atoms with Crippen molar-refractivity contribution < 1.29 is 78.3 Å². The molecule has 3 aliphatic rings. The van der Waals surface area contributed by atoms with Gasteiger partial charge in [0, 0.05) is 19.6 Å². The minimum atomic E-state index is -1.93. The molecule has 0 unspecified atom stereocenters.